The highest BCUT2D eigenvalue weighted by atomic mass is 19.1. The molecule has 6 bridgehead atoms. The highest BCUT2D eigenvalue weighted by Crippen LogP contribution is 2.43. The Hall–Kier alpha value is -5.34. The zero-order chi connectivity index (χ0) is 44.0. The molecule has 0 unspecified atom stereocenters. The maximum atomic E-state index is 15.0. The maximum Gasteiger partial charge on any atom is 0.324 e. The van der Waals surface area contributed by atoms with E-state index >= 15 is 0 Å². The van der Waals surface area contributed by atoms with Gasteiger partial charge in [-0.3, -0.25) is 29.2 Å². The number of likely N-dealkylation sites (N-methyl/N-ethyl adjacent to an activating group) is 1. The summed E-state index contributed by atoms with van der Waals surface area (Å²) in [6.07, 6.45) is 3.12. The van der Waals surface area contributed by atoms with Gasteiger partial charge in [-0.15, -0.1) is 0 Å². The van der Waals surface area contributed by atoms with E-state index in [4.69, 9.17) is 14.5 Å². The average Bonchev–Trinajstić information content (AvgIpc) is 3.92. The number of phenolic OH excluding ortho intramolecular Hbond substituents is 1. The number of ether oxygens (including phenoxy) is 2. The Morgan fingerprint density at radius 1 is 1.11 bits per heavy atom. The third-order valence-electron chi connectivity index (χ3n) is 12.4. The first kappa shape index (κ1) is 43.7. The molecular weight excluding hydrogens is 780 g/mol. The second-order valence-corrected chi connectivity index (χ2v) is 18.1. The van der Waals surface area contributed by atoms with E-state index in [-0.39, 0.29) is 44.3 Å². The van der Waals surface area contributed by atoms with E-state index < -0.39 is 58.8 Å². The molecule has 1 aliphatic carbocycles. The Kier molecular flexibility index (Phi) is 12.3. The van der Waals surface area contributed by atoms with Gasteiger partial charge in [-0.1, -0.05) is 39.8 Å². The van der Waals surface area contributed by atoms with Gasteiger partial charge in [0, 0.05) is 61.7 Å². The van der Waals surface area contributed by atoms with Gasteiger partial charge in [-0.2, -0.15) is 0 Å². The molecule has 61 heavy (non-hydrogen) atoms. The largest absolute Gasteiger partial charge is 0.508 e. The van der Waals surface area contributed by atoms with Crippen molar-refractivity contribution in [2.24, 2.45) is 11.3 Å². The van der Waals surface area contributed by atoms with E-state index in [0.717, 1.165) is 43.9 Å². The third-order valence-corrected chi connectivity index (χ3v) is 12.4. The van der Waals surface area contributed by atoms with E-state index in [1.807, 2.05) is 25.1 Å². The van der Waals surface area contributed by atoms with Crippen molar-refractivity contribution in [3.8, 4) is 28.1 Å². The number of cyclic esters (lactones) is 1. The fraction of sp³-hybridized carbons (Fsp3) is 0.511. The predicted octanol–water partition coefficient (Wildman–Crippen LogP) is 6.44. The molecule has 0 radical (unpaired) electrons. The number of pyridine rings is 1. The second kappa shape index (κ2) is 17.2. The smallest absolute Gasteiger partial charge is 0.324 e. The molecule has 3 amide bonds. The van der Waals surface area contributed by atoms with Crippen LogP contribution in [-0.4, -0.2) is 99.4 Å². The van der Waals surface area contributed by atoms with E-state index in [2.05, 4.69) is 54.3 Å². The van der Waals surface area contributed by atoms with Crippen molar-refractivity contribution in [2.75, 3.05) is 27.3 Å². The summed E-state index contributed by atoms with van der Waals surface area (Å²) < 4.78 is 29.1. The Bertz CT molecular complexity index is 2340. The summed E-state index contributed by atoms with van der Waals surface area (Å²) >= 11 is 0. The molecule has 2 aliphatic heterocycles. The first-order chi connectivity index (χ1) is 28.9. The van der Waals surface area contributed by atoms with Crippen LogP contribution in [0.5, 0.6) is 5.75 Å². The lowest BCUT2D eigenvalue weighted by molar-refractivity contribution is -0.155. The highest BCUT2D eigenvalue weighted by Gasteiger charge is 2.54. The Morgan fingerprint density at radius 2 is 1.87 bits per heavy atom. The van der Waals surface area contributed by atoms with E-state index in [0.29, 0.717) is 36.9 Å². The van der Waals surface area contributed by atoms with Gasteiger partial charge in [0.05, 0.1) is 24.1 Å². The van der Waals surface area contributed by atoms with Gasteiger partial charge in [-0.05, 0) is 111 Å². The van der Waals surface area contributed by atoms with E-state index in [9.17, 15) is 28.7 Å². The normalized spacial score (nSPS) is 21.0. The summed E-state index contributed by atoms with van der Waals surface area (Å²) in [6.45, 7) is 12.8. The minimum Gasteiger partial charge on any atom is -0.508 e. The fourth-order valence-corrected chi connectivity index (χ4v) is 9.02. The number of aromatic nitrogens is 2. The number of carbonyl (C=O) groups is 4. The molecule has 2 aromatic carbocycles. The van der Waals surface area contributed by atoms with Crippen LogP contribution in [0.1, 0.15) is 90.2 Å². The average molecular weight is 839 g/mol. The number of carbonyl (C=O) groups excluding carboxylic acids is 4. The van der Waals surface area contributed by atoms with Crippen molar-refractivity contribution in [3.63, 3.8) is 0 Å². The van der Waals surface area contributed by atoms with Crippen LogP contribution in [0.4, 0.5) is 4.39 Å². The minimum absolute atomic E-state index is 0.0248. The maximum absolute atomic E-state index is 15.0. The molecule has 7 rings (SSSR count). The number of methoxy groups -OCH3 is 1. The number of nitrogens with one attached hydrogen (secondary N) is 2. The molecule has 4 atom stereocenters. The minimum atomic E-state index is -1.98. The third kappa shape index (κ3) is 8.88. The standard InChI is InChI=1S/C47H59FN6O7/c1-9-53-38-15-14-30-24-34(38)35(41(53)33-12-10-18-49-39(33)28(4)60-8)25-46(5,6)26-61-44(58)36-13-11-19-54(51-36)43(57)37(22-29-20-31(30)23-32(55)21-29)50-42(56)40(27(2)3)52(7)45(59)47(48)16-17-47/h10,12,14-15,18,20-21,23-24,27-28,36-37,40,51,55H,9,11,13,16-17,19,22,25-26H2,1-8H3,(H,50,56)/t28-,36-,37-,40-/m0/s1. The molecule has 1 saturated heterocycles. The summed E-state index contributed by atoms with van der Waals surface area (Å²) in [7, 11) is 3.08. The SMILES string of the molecule is CCn1c(-c2cccnc2[C@H](C)OC)c2c3cc(ccc31)-c1cc(O)cc(c1)C[C@H](NC(=O)[C@H](C(C)C)N(C)C(=O)C1(F)CC1)C(=O)N1CCC[C@H](N1)C(=O)OCC(C)(C)C2. The number of nitrogens with zero attached hydrogens (tertiary/aromatic N) is 4. The molecule has 14 heteroatoms. The number of benzene rings is 2. The fourth-order valence-electron chi connectivity index (χ4n) is 9.02. The molecule has 13 nitrogen and oxygen atoms in total. The quantitative estimate of drug-likeness (QED) is 0.162. The second-order valence-electron chi connectivity index (χ2n) is 18.1. The summed E-state index contributed by atoms with van der Waals surface area (Å²) in [6, 6.07) is 12.2. The van der Waals surface area contributed by atoms with Crippen molar-refractivity contribution in [3.05, 3.63) is 71.5 Å². The number of phenols is 1. The summed E-state index contributed by atoms with van der Waals surface area (Å²) in [5.74, 6) is -2.81. The van der Waals surface area contributed by atoms with E-state index in [1.54, 1.807) is 39.3 Å². The number of halogens is 1. The number of amides is 3. The zero-order valence-corrected chi connectivity index (χ0v) is 36.5. The van der Waals surface area contributed by atoms with Crippen LogP contribution >= 0.6 is 0 Å². The van der Waals surface area contributed by atoms with Crippen LogP contribution in [0, 0.1) is 11.3 Å². The first-order valence-electron chi connectivity index (χ1n) is 21.4. The highest BCUT2D eigenvalue weighted by molar-refractivity contribution is 5.97. The van der Waals surface area contributed by atoms with Crippen LogP contribution in [0.3, 0.4) is 0 Å². The van der Waals surface area contributed by atoms with Gasteiger partial charge in [0.15, 0.2) is 5.67 Å². The van der Waals surface area contributed by atoms with Crippen LogP contribution in [0.15, 0.2) is 54.7 Å². The summed E-state index contributed by atoms with van der Waals surface area (Å²) in [5, 5.41) is 16.5. The number of hydrazine groups is 1. The summed E-state index contributed by atoms with van der Waals surface area (Å²) in [4.78, 5) is 61.6. The molecule has 3 aliphatic rings. The van der Waals surface area contributed by atoms with Gasteiger partial charge >= 0.3 is 5.97 Å². The van der Waals surface area contributed by atoms with Gasteiger partial charge < -0.3 is 29.4 Å². The number of alkyl halides is 1. The lowest BCUT2D eigenvalue weighted by Crippen LogP contribution is -2.62. The molecule has 2 aromatic heterocycles. The van der Waals surface area contributed by atoms with Gasteiger partial charge in [0.25, 0.3) is 11.8 Å². The molecule has 4 aromatic rings. The van der Waals surface area contributed by atoms with Crippen molar-refractivity contribution in [2.45, 2.75) is 117 Å². The van der Waals surface area contributed by atoms with Gasteiger partial charge in [0.1, 0.15) is 23.9 Å². The lowest BCUT2D eigenvalue weighted by Gasteiger charge is -2.37. The van der Waals surface area contributed by atoms with Crippen molar-refractivity contribution >= 4 is 34.6 Å². The van der Waals surface area contributed by atoms with Crippen molar-refractivity contribution < 1.29 is 38.1 Å². The molecule has 0 spiro atoms. The van der Waals surface area contributed by atoms with Gasteiger partial charge in [0.2, 0.25) is 5.91 Å². The van der Waals surface area contributed by atoms with Crippen LogP contribution < -0.4 is 10.7 Å². The molecule has 326 valence electrons. The molecule has 2 fully saturated rings. The molecule has 1 saturated carbocycles. The lowest BCUT2D eigenvalue weighted by atomic mass is 9.84. The molecule has 3 N–H and O–H groups in total. The topological polar surface area (TPSA) is 155 Å². The Balaban J connectivity index is 1.36. The Labute approximate surface area is 356 Å². The first-order valence-corrected chi connectivity index (χ1v) is 21.4. The van der Waals surface area contributed by atoms with Crippen molar-refractivity contribution in [1.82, 2.24) is 30.2 Å². The summed E-state index contributed by atoms with van der Waals surface area (Å²) in [5.41, 5.74) is 7.44. The predicted molar refractivity (Wildman–Crippen MR) is 230 cm³/mol. The number of fused-ring (bicyclic) bond motifs is 6. The molecular formula is C47H59FN6O7. The number of aromatic hydroxyl groups is 1. The number of rotatable bonds is 9. The zero-order valence-electron chi connectivity index (χ0n) is 36.5. The van der Waals surface area contributed by atoms with Crippen LogP contribution in [0.25, 0.3) is 33.3 Å². The number of hydrogen-bond donors (Lipinski definition) is 3. The van der Waals surface area contributed by atoms with E-state index in [1.165, 1.54) is 12.1 Å². The van der Waals surface area contributed by atoms with Crippen molar-refractivity contribution in [1.29, 1.82) is 0 Å². The molecule has 4 heterocycles. The van der Waals surface area contributed by atoms with Crippen LogP contribution in [0.2, 0.25) is 0 Å². The number of hydrogen-bond acceptors (Lipinski definition) is 9. The monoisotopic (exact) mass is 838 g/mol. The number of aryl methyl sites for hydroxylation is 1. The Morgan fingerprint density at radius 3 is 2.56 bits per heavy atom. The van der Waals surface area contributed by atoms with Crippen LogP contribution in [-0.2, 0) is 48.0 Å². The van der Waals surface area contributed by atoms with Gasteiger partial charge in [-0.25, -0.2) is 9.82 Å². The number of esters is 1.